The van der Waals surface area contributed by atoms with Crippen LogP contribution in [0.3, 0.4) is 0 Å². The third-order valence-electron chi connectivity index (χ3n) is 2.59. The largest absolute Gasteiger partial charge is 0.328 e. The maximum Gasteiger partial charge on any atom is 0.159 e. The number of nitrogens with one attached hydrogen (secondary N) is 1. The Labute approximate surface area is 101 Å². The summed E-state index contributed by atoms with van der Waals surface area (Å²) in [4.78, 5) is 0. The molecule has 0 aromatic heterocycles. The third-order valence-corrected chi connectivity index (χ3v) is 2.59. The van der Waals surface area contributed by atoms with Gasteiger partial charge in [-0.1, -0.05) is 6.07 Å². The van der Waals surface area contributed by atoms with Crippen LogP contribution in [0.4, 0.5) is 8.78 Å². The zero-order chi connectivity index (χ0) is 12.7. The number of hydrogen-bond donors (Lipinski definition) is 2. The lowest BCUT2D eigenvalue weighted by Gasteiger charge is -2.07. The predicted octanol–water partition coefficient (Wildman–Crippen LogP) is 2.22. The van der Waals surface area contributed by atoms with Gasteiger partial charge in [-0.05, 0) is 57.0 Å². The minimum atomic E-state index is -0.793. The molecule has 2 nitrogen and oxygen atoms in total. The lowest BCUT2D eigenvalue weighted by molar-refractivity contribution is 0.506. The number of hydrogen-bond acceptors (Lipinski definition) is 2. The molecule has 0 radical (unpaired) electrons. The number of rotatable bonds is 7. The summed E-state index contributed by atoms with van der Waals surface area (Å²) in [7, 11) is 0. The van der Waals surface area contributed by atoms with Crippen molar-refractivity contribution in [1.29, 1.82) is 0 Å². The van der Waals surface area contributed by atoms with E-state index in [2.05, 4.69) is 5.32 Å². The molecule has 4 heteroatoms. The molecular formula is C13H20F2N2. The van der Waals surface area contributed by atoms with E-state index in [1.807, 2.05) is 6.92 Å². The third kappa shape index (κ3) is 5.75. The van der Waals surface area contributed by atoms with Crippen LogP contribution in [-0.4, -0.2) is 19.1 Å². The maximum atomic E-state index is 12.9. The van der Waals surface area contributed by atoms with Gasteiger partial charge in [-0.15, -0.1) is 0 Å². The smallest absolute Gasteiger partial charge is 0.159 e. The Morgan fingerprint density at radius 3 is 2.65 bits per heavy atom. The Morgan fingerprint density at radius 2 is 2.00 bits per heavy atom. The second kappa shape index (κ2) is 7.35. The van der Waals surface area contributed by atoms with E-state index in [9.17, 15) is 8.78 Å². The van der Waals surface area contributed by atoms with Crippen LogP contribution in [0.15, 0.2) is 18.2 Å². The lowest BCUT2D eigenvalue weighted by atomic mass is 10.1. The van der Waals surface area contributed by atoms with E-state index >= 15 is 0 Å². The molecule has 0 saturated heterocycles. The van der Waals surface area contributed by atoms with Crippen molar-refractivity contribution >= 4 is 0 Å². The standard InChI is InChI=1S/C13H20F2N2/c1-10(16)3-2-7-17-8-6-11-4-5-12(14)13(15)9-11/h4-5,9-10,17H,2-3,6-8,16H2,1H3. The Bertz CT molecular complexity index is 340. The Morgan fingerprint density at radius 1 is 1.24 bits per heavy atom. The molecule has 0 bridgehead atoms. The molecule has 0 heterocycles. The summed E-state index contributed by atoms with van der Waals surface area (Å²) >= 11 is 0. The predicted molar refractivity (Wildman–Crippen MR) is 65.8 cm³/mol. The number of nitrogens with two attached hydrogens (primary N) is 1. The molecule has 0 fully saturated rings. The second-order valence-electron chi connectivity index (χ2n) is 4.37. The van der Waals surface area contributed by atoms with Gasteiger partial charge in [0.05, 0.1) is 0 Å². The molecule has 1 atom stereocenters. The monoisotopic (exact) mass is 242 g/mol. The maximum absolute atomic E-state index is 12.9. The van der Waals surface area contributed by atoms with E-state index in [0.29, 0.717) is 6.42 Å². The van der Waals surface area contributed by atoms with Crippen molar-refractivity contribution in [3.63, 3.8) is 0 Å². The molecule has 0 amide bonds. The zero-order valence-electron chi connectivity index (χ0n) is 10.2. The highest BCUT2D eigenvalue weighted by Crippen LogP contribution is 2.08. The Balaban J connectivity index is 2.16. The minimum Gasteiger partial charge on any atom is -0.328 e. The lowest BCUT2D eigenvalue weighted by Crippen LogP contribution is -2.21. The quantitative estimate of drug-likeness (QED) is 0.719. The van der Waals surface area contributed by atoms with Gasteiger partial charge in [0.2, 0.25) is 0 Å². The summed E-state index contributed by atoms with van der Waals surface area (Å²) in [5.41, 5.74) is 6.43. The summed E-state index contributed by atoms with van der Waals surface area (Å²) in [5.74, 6) is -1.57. The van der Waals surface area contributed by atoms with Crippen LogP contribution in [0.5, 0.6) is 0 Å². The minimum absolute atomic E-state index is 0.239. The highest BCUT2D eigenvalue weighted by Gasteiger charge is 2.02. The van der Waals surface area contributed by atoms with Gasteiger partial charge in [-0.2, -0.15) is 0 Å². The second-order valence-corrected chi connectivity index (χ2v) is 4.37. The summed E-state index contributed by atoms with van der Waals surface area (Å²) in [5, 5.41) is 3.25. The van der Waals surface area contributed by atoms with E-state index in [1.165, 1.54) is 12.1 Å². The van der Waals surface area contributed by atoms with Crippen molar-refractivity contribution in [2.75, 3.05) is 13.1 Å². The molecule has 1 rings (SSSR count). The van der Waals surface area contributed by atoms with Gasteiger partial charge in [0.1, 0.15) is 0 Å². The van der Waals surface area contributed by atoms with Crippen molar-refractivity contribution < 1.29 is 8.78 Å². The fraction of sp³-hybridized carbons (Fsp3) is 0.538. The van der Waals surface area contributed by atoms with Gasteiger partial charge in [0.25, 0.3) is 0 Å². The molecule has 17 heavy (non-hydrogen) atoms. The molecule has 0 spiro atoms. The average molecular weight is 242 g/mol. The van der Waals surface area contributed by atoms with E-state index < -0.39 is 11.6 Å². The Kier molecular flexibility index (Phi) is 6.08. The summed E-state index contributed by atoms with van der Waals surface area (Å²) in [6.45, 7) is 3.66. The first-order chi connectivity index (χ1) is 8.09. The topological polar surface area (TPSA) is 38.0 Å². The molecule has 96 valence electrons. The van der Waals surface area contributed by atoms with Crippen LogP contribution in [0.1, 0.15) is 25.3 Å². The van der Waals surface area contributed by atoms with Crippen LogP contribution in [-0.2, 0) is 6.42 Å². The van der Waals surface area contributed by atoms with Gasteiger partial charge in [-0.3, -0.25) is 0 Å². The Hall–Kier alpha value is -1.00. The molecule has 1 aromatic carbocycles. The summed E-state index contributed by atoms with van der Waals surface area (Å²) in [6, 6.07) is 4.27. The zero-order valence-corrected chi connectivity index (χ0v) is 10.2. The van der Waals surface area contributed by atoms with E-state index in [0.717, 1.165) is 31.5 Å². The van der Waals surface area contributed by atoms with Gasteiger partial charge >= 0.3 is 0 Å². The van der Waals surface area contributed by atoms with Crippen LogP contribution >= 0.6 is 0 Å². The molecule has 3 N–H and O–H groups in total. The molecule has 0 aliphatic heterocycles. The highest BCUT2D eigenvalue weighted by molar-refractivity contribution is 5.17. The molecule has 0 aliphatic rings. The van der Waals surface area contributed by atoms with Crippen molar-refractivity contribution in [3.8, 4) is 0 Å². The molecule has 1 aromatic rings. The van der Waals surface area contributed by atoms with Crippen LogP contribution < -0.4 is 11.1 Å². The SMILES string of the molecule is CC(N)CCCNCCc1ccc(F)c(F)c1. The average Bonchev–Trinajstić information content (AvgIpc) is 2.27. The normalized spacial score (nSPS) is 12.7. The molecule has 0 saturated carbocycles. The molecular weight excluding hydrogens is 222 g/mol. The van der Waals surface area contributed by atoms with Crippen LogP contribution in [0, 0.1) is 11.6 Å². The number of halogens is 2. The fourth-order valence-electron chi connectivity index (χ4n) is 1.60. The van der Waals surface area contributed by atoms with Crippen LogP contribution in [0.25, 0.3) is 0 Å². The first-order valence-electron chi connectivity index (χ1n) is 6.00. The summed E-state index contributed by atoms with van der Waals surface area (Å²) < 4.78 is 25.5. The van der Waals surface area contributed by atoms with Gasteiger partial charge in [-0.25, -0.2) is 8.78 Å². The van der Waals surface area contributed by atoms with Gasteiger partial charge in [0.15, 0.2) is 11.6 Å². The summed E-state index contributed by atoms with van der Waals surface area (Å²) in [6.07, 6.45) is 2.74. The number of benzene rings is 1. The van der Waals surface area contributed by atoms with Crippen molar-refractivity contribution in [1.82, 2.24) is 5.32 Å². The first-order valence-corrected chi connectivity index (χ1v) is 6.00. The molecule has 0 aliphatic carbocycles. The van der Waals surface area contributed by atoms with E-state index in [1.54, 1.807) is 6.07 Å². The van der Waals surface area contributed by atoms with Gasteiger partial charge < -0.3 is 11.1 Å². The van der Waals surface area contributed by atoms with Crippen molar-refractivity contribution in [2.45, 2.75) is 32.2 Å². The first kappa shape index (κ1) is 14.1. The van der Waals surface area contributed by atoms with Gasteiger partial charge in [0, 0.05) is 6.04 Å². The van der Waals surface area contributed by atoms with E-state index in [4.69, 9.17) is 5.73 Å². The van der Waals surface area contributed by atoms with E-state index in [-0.39, 0.29) is 6.04 Å². The van der Waals surface area contributed by atoms with Crippen molar-refractivity contribution in [3.05, 3.63) is 35.4 Å². The fourth-order valence-corrected chi connectivity index (χ4v) is 1.60. The highest BCUT2D eigenvalue weighted by atomic mass is 19.2. The van der Waals surface area contributed by atoms with Crippen molar-refractivity contribution in [2.24, 2.45) is 5.73 Å². The van der Waals surface area contributed by atoms with Crippen LogP contribution in [0.2, 0.25) is 0 Å². The molecule has 1 unspecified atom stereocenters.